The van der Waals surface area contributed by atoms with Gasteiger partial charge in [-0.1, -0.05) is 71.9 Å². The standard InChI is InChI=1S/C30H26N4O3/c1-19-28(20(2)37-32-19)23-14-15-25-24(16-23)29(22-12-8-5-9-13-22)34(30(35)33(25)3)18-27-31-17-26(36-27)21-10-6-4-7-11-21/h4-17,29H,18H2,1-3H3. The molecule has 1 aliphatic heterocycles. The number of amides is 2. The molecular weight excluding hydrogens is 464 g/mol. The van der Waals surface area contributed by atoms with Gasteiger partial charge in [-0.3, -0.25) is 4.90 Å². The van der Waals surface area contributed by atoms with Crippen molar-refractivity contribution in [3.63, 3.8) is 0 Å². The van der Waals surface area contributed by atoms with Crippen LogP contribution in [0.15, 0.2) is 94.0 Å². The summed E-state index contributed by atoms with van der Waals surface area (Å²) in [6, 6.07) is 25.6. The highest BCUT2D eigenvalue weighted by Gasteiger charge is 2.38. The third kappa shape index (κ3) is 3.98. The maximum Gasteiger partial charge on any atom is 0.325 e. The van der Waals surface area contributed by atoms with Gasteiger partial charge in [0.2, 0.25) is 5.89 Å². The lowest BCUT2D eigenvalue weighted by Crippen LogP contribution is -2.47. The average molecular weight is 491 g/mol. The Balaban J connectivity index is 1.45. The molecule has 0 saturated heterocycles. The minimum Gasteiger partial charge on any atom is -0.439 e. The Labute approximate surface area is 215 Å². The fraction of sp³-hybridized carbons (Fsp3) is 0.167. The smallest absolute Gasteiger partial charge is 0.325 e. The Morgan fingerprint density at radius 2 is 1.65 bits per heavy atom. The predicted molar refractivity (Wildman–Crippen MR) is 141 cm³/mol. The van der Waals surface area contributed by atoms with Gasteiger partial charge in [-0.15, -0.1) is 0 Å². The van der Waals surface area contributed by atoms with E-state index in [0.29, 0.717) is 11.7 Å². The fourth-order valence-corrected chi connectivity index (χ4v) is 5.12. The van der Waals surface area contributed by atoms with E-state index in [1.54, 1.807) is 18.1 Å². The molecule has 0 spiro atoms. The van der Waals surface area contributed by atoms with Gasteiger partial charge in [0.1, 0.15) is 5.76 Å². The number of anilines is 1. The number of carbonyl (C=O) groups excluding carboxylic acids is 1. The van der Waals surface area contributed by atoms with Crippen LogP contribution in [0.2, 0.25) is 0 Å². The molecule has 37 heavy (non-hydrogen) atoms. The lowest BCUT2D eigenvalue weighted by atomic mass is 9.90. The molecule has 3 heterocycles. The molecule has 3 aromatic carbocycles. The number of oxazole rings is 1. The highest BCUT2D eigenvalue weighted by atomic mass is 16.5. The van der Waals surface area contributed by atoms with E-state index in [1.807, 2.05) is 91.5 Å². The number of hydrogen-bond donors (Lipinski definition) is 0. The first kappa shape index (κ1) is 22.8. The van der Waals surface area contributed by atoms with Crippen LogP contribution < -0.4 is 4.90 Å². The van der Waals surface area contributed by atoms with E-state index in [2.05, 4.69) is 16.2 Å². The second-order valence-corrected chi connectivity index (χ2v) is 9.24. The molecular formula is C30H26N4O3. The maximum absolute atomic E-state index is 13.7. The predicted octanol–water partition coefficient (Wildman–Crippen LogP) is 6.77. The lowest BCUT2D eigenvalue weighted by Gasteiger charge is -2.41. The number of urea groups is 1. The van der Waals surface area contributed by atoms with Crippen LogP contribution in [0.4, 0.5) is 10.5 Å². The van der Waals surface area contributed by atoms with Crippen molar-refractivity contribution in [1.29, 1.82) is 0 Å². The van der Waals surface area contributed by atoms with Crippen LogP contribution in [0.5, 0.6) is 0 Å². The normalized spacial score (nSPS) is 15.2. The van der Waals surface area contributed by atoms with Crippen LogP contribution in [0.25, 0.3) is 22.5 Å². The molecule has 2 aromatic heterocycles. The van der Waals surface area contributed by atoms with Crippen molar-refractivity contribution >= 4 is 11.7 Å². The summed E-state index contributed by atoms with van der Waals surface area (Å²) in [6.45, 7) is 4.08. The molecule has 0 fully saturated rings. The van der Waals surface area contributed by atoms with Crippen LogP contribution >= 0.6 is 0 Å². The SMILES string of the molecule is Cc1noc(C)c1-c1ccc2c(c1)C(c1ccccc1)N(Cc1ncc(-c3ccccc3)o1)C(=O)N2C. The Kier molecular flexibility index (Phi) is 5.60. The zero-order valence-corrected chi connectivity index (χ0v) is 20.9. The third-order valence-corrected chi connectivity index (χ3v) is 6.88. The summed E-state index contributed by atoms with van der Waals surface area (Å²) in [5.41, 5.74) is 6.64. The second-order valence-electron chi connectivity index (χ2n) is 9.24. The van der Waals surface area contributed by atoms with Gasteiger partial charge in [-0.25, -0.2) is 9.78 Å². The van der Waals surface area contributed by atoms with Crippen LogP contribution in [0, 0.1) is 13.8 Å². The van der Waals surface area contributed by atoms with Crippen LogP contribution in [-0.2, 0) is 6.54 Å². The van der Waals surface area contributed by atoms with Crippen molar-refractivity contribution in [2.45, 2.75) is 26.4 Å². The summed E-state index contributed by atoms with van der Waals surface area (Å²) >= 11 is 0. The number of hydrogen-bond acceptors (Lipinski definition) is 5. The summed E-state index contributed by atoms with van der Waals surface area (Å²) in [7, 11) is 1.80. The van der Waals surface area contributed by atoms with E-state index in [0.717, 1.165) is 45.0 Å². The van der Waals surface area contributed by atoms with Gasteiger partial charge in [0.25, 0.3) is 0 Å². The van der Waals surface area contributed by atoms with Gasteiger partial charge in [0.05, 0.1) is 30.2 Å². The first-order valence-electron chi connectivity index (χ1n) is 12.2. The van der Waals surface area contributed by atoms with Gasteiger partial charge < -0.3 is 13.8 Å². The van der Waals surface area contributed by atoms with E-state index in [9.17, 15) is 4.79 Å². The minimum atomic E-state index is -0.326. The highest BCUT2D eigenvalue weighted by molar-refractivity contribution is 5.96. The molecule has 5 aromatic rings. The van der Waals surface area contributed by atoms with Crippen LogP contribution in [-0.4, -0.2) is 28.1 Å². The Morgan fingerprint density at radius 3 is 2.35 bits per heavy atom. The lowest BCUT2D eigenvalue weighted by molar-refractivity contribution is 0.177. The summed E-state index contributed by atoms with van der Waals surface area (Å²) in [6.07, 6.45) is 1.71. The zero-order valence-electron chi connectivity index (χ0n) is 20.9. The van der Waals surface area contributed by atoms with Crippen LogP contribution in [0.1, 0.15) is 34.5 Å². The topological polar surface area (TPSA) is 75.6 Å². The molecule has 1 unspecified atom stereocenters. The monoisotopic (exact) mass is 490 g/mol. The minimum absolute atomic E-state index is 0.120. The molecule has 7 heteroatoms. The van der Waals surface area contributed by atoms with E-state index < -0.39 is 0 Å². The molecule has 184 valence electrons. The first-order valence-corrected chi connectivity index (χ1v) is 12.2. The maximum atomic E-state index is 13.7. The molecule has 1 atom stereocenters. The van der Waals surface area contributed by atoms with E-state index in [4.69, 9.17) is 8.94 Å². The molecule has 2 amide bonds. The van der Waals surface area contributed by atoms with E-state index in [-0.39, 0.29) is 18.6 Å². The van der Waals surface area contributed by atoms with Gasteiger partial charge in [0.15, 0.2) is 5.76 Å². The molecule has 6 rings (SSSR count). The fourth-order valence-electron chi connectivity index (χ4n) is 5.12. The third-order valence-electron chi connectivity index (χ3n) is 6.88. The van der Waals surface area contributed by atoms with Crippen LogP contribution in [0.3, 0.4) is 0 Å². The van der Waals surface area contributed by atoms with Gasteiger partial charge in [0, 0.05) is 23.7 Å². The van der Waals surface area contributed by atoms with Crippen molar-refractivity contribution in [1.82, 2.24) is 15.0 Å². The largest absolute Gasteiger partial charge is 0.439 e. The molecule has 0 aliphatic carbocycles. The van der Waals surface area contributed by atoms with Crippen molar-refractivity contribution in [3.05, 3.63) is 114 Å². The number of fused-ring (bicyclic) bond motifs is 1. The Morgan fingerprint density at radius 1 is 0.919 bits per heavy atom. The summed E-state index contributed by atoms with van der Waals surface area (Å²) in [5.74, 6) is 1.91. The van der Waals surface area contributed by atoms with E-state index >= 15 is 0 Å². The van der Waals surface area contributed by atoms with Crippen molar-refractivity contribution in [3.8, 4) is 22.5 Å². The molecule has 0 saturated carbocycles. The Bertz CT molecular complexity index is 1550. The average Bonchev–Trinajstić information content (AvgIpc) is 3.54. The Hall–Kier alpha value is -4.65. The van der Waals surface area contributed by atoms with Gasteiger partial charge in [-0.05, 0) is 37.1 Å². The number of carbonyl (C=O) groups is 1. The van der Waals surface area contributed by atoms with Gasteiger partial charge in [-0.2, -0.15) is 0 Å². The van der Waals surface area contributed by atoms with Crippen molar-refractivity contribution in [2.75, 3.05) is 11.9 Å². The number of rotatable bonds is 5. The number of nitrogens with zero attached hydrogens (tertiary/aromatic N) is 4. The molecule has 0 radical (unpaired) electrons. The second kappa shape index (κ2) is 9.09. The number of benzene rings is 3. The van der Waals surface area contributed by atoms with Gasteiger partial charge >= 0.3 is 6.03 Å². The molecule has 7 nitrogen and oxygen atoms in total. The van der Waals surface area contributed by atoms with Crippen molar-refractivity contribution in [2.24, 2.45) is 0 Å². The quantitative estimate of drug-likeness (QED) is 0.272. The summed E-state index contributed by atoms with van der Waals surface area (Å²) in [4.78, 5) is 21.7. The van der Waals surface area contributed by atoms with Crippen molar-refractivity contribution < 1.29 is 13.7 Å². The molecule has 0 bridgehead atoms. The number of aryl methyl sites for hydroxylation is 2. The summed E-state index contributed by atoms with van der Waals surface area (Å²) in [5, 5.41) is 4.14. The molecule has 1 aliphatic rings. The summed E-state index contributed by atoms with van der Waals surface area (Å²) < 4.78 is 11.5. The first-order chi connectivity index (χ1) is 18.0. The number of aromatic nitrogens is 2. The zero-order chi connectivity index (χ0) is 25.5. The molecule has 0 N–H and O–H groups in total. The van der Waals surface area contributed by atoms with E-state index in [1.165, 1.54) is 0 Å². The highest BCUT2D eigenvalue weighted by Crippen LogP contribution is 2.43.